The van der Waals surface area contributed by atoms with Crippen LogP contribution in [0.1, 0.15) is 25.3 Å². The quantitative estimate of drug-likeness (QED) is 0.705. The molecule has 1 aromatic carbocycles. The fourth-order valence-electron chi connectivity index (χ4n) is 3.14. The van der Waals surface area contributed by atoms with Gasteiger partial charge in [0, 0.05) is 38.6 Å². The zero-order valence-corrected chi connectivity index (χ0v) is 17.7. The molecule has 1 heterocycles. The first-order valence-electron chi connectivity index (χ1n) is 9.02. The van der Waals surface area contributed by atoms with Crippen LogP contribution in [0, 0.1) is 5.92 Å². The minimum absolute atomic E-state index is 0. The molecule has 6 nitrogen and oxygen atoms in total. The van der Waals surface area contributed by atoms with Crippen LogP contribution in [0.15, 0.2) is 30.3 Å². The molecule has 154 valence electrons. The number of nitrogens with one attached hydrogen (secondary N) is 1. The number of nitrogens with two attached hydrogens (primary N) is 1. The molecule has 0 bridgehead atoms. The van der Waals surface area contributed by atoms with Crippen molar-refractivity contribution in [3.63, 3.8) is 0 Å². The van der Waals surface area contributed by atoms with E-state index in [9.17, 15) is 9.59 Å². The molecule has 0 aliphatic carbocycles. The molecule has 0 radical (unpaired) electrons. The highest BCUT2D eigenvalue weighted by Gasteiger charge is 2.28. The van der Waals surface area contributed by atoms with E-state index in [1.165, 1.54) is 5.56 Å². The number of likely N-dealkylation sites (N-methyl/N-ethyl adjacent to an activating group) is 1. The van der Waals surface area contributed by atoms with E-state index < -0.39 is 6.04 Å². The summed E-state index contributed by atoms with van der Waals surface area (Å²) in [5.74, 6) is 0.0685. The lowest BCUT2D eigenvalue weighted by Gasteiger charge is -2.32. The maximum Gasteiger partial charge on any atom is 0.239 e. The zero-order chi connectivity index (χ0) is 18.2. The normalized spacial score (nSPS) is 15.5. The molecular weight excluding hydrogens is 387 g/mol. The first-order valence-corrected chi connectivity index (χ1v) is 9.02. The SMILES string of the molecule is C[C@@H](N)C(=O)N1CCC(C(=O)NCCN(C)Cc2ccccc2)CC1.Cl.Cl. The van der Waals surface area contributed by atoms with Gasteiger partial charge in [-0.1, -0.05) is 30.3 Å². The summed E-state index contributed by atoms with van der Waals surface area (Å²) in [5, 5.41) is 3.03. The number of likely N-dealkylation sites (tertiary alicyclic amines) is 1. The number of hydrogen-bond acceptors (Lipinski definition) is 4. The van der Waals surface area contributed by atoms with Crippen molar-refractivity contribution in [2.45, 2.75) is 32.4 Å². The standard InChI is InChI=1S/C19H30N4O2.2ClH/c1-15(20)19(25)23-11-8-17(9-12-23)18(24)21-10-13-22(2)14-16-6-4-3-5-7-16;;/h3-7,15,17H,8-14,20H2,1-2H3,(H,21,24);2*1H/t15-;;/m1../s1. The number of carbonyl (C=O) groups is 2. The summed E-state index contributed by atoms with van der Waals surface area (Å²) in [6.45, 7) is 5.25. The molecule has 27 heavy (non-hydrogen) atoms. The summed E-state index contributed by atoms with van der Waals surface area (Å²) in [6.07, 6.45) is 1.42. The molecule has 1 aromatic rings. The first kappa shape index (κ1) is 25.7. The number of carbonyl (C=O) groups excluding carboxylic acids is 2. The van der Waals surface area contributed by atoms with Crippen molar-refractivity contribution in [1.29, 1.82) is 0 Å². The molecule has 1 atom stereocenters. The summed E-state index contributed by atoms with van der Waals surface area (Å²) in [5.41, 5.74) is 6.90. The predicted molar refractivity (Wildman–Crippen MR) is 113 cm³/mol. The van der Waals surface area contributed by atoms with Crippen LogP contribution in [0.4, 0.5) is 0 Å². The van der Waals surface area contributed by atoms with Gasteiger partial charge in [0.1, 0.15) is 0 Å². The van der Waals surface area contributed by atoms with Gasteiger partial charge >= 0.3 is 0 Å². The lowest BCUT2D eigenvalue weighted by Crippen LogP contribution is -2.48. The number of benzene rings is 1. The van der Waals surface area contributed by atoms with Gasteiger partial charge in [0.25, 0.3) is 0 Å². The van der Waals surface area contributed by atoms with Crippen LogP contribution in [0.5, 0.6) is 0 Å². The van der Waals surface area contributed by atoms with Crippen molar-refractivity contribution in [2.75, 3.05) is 33.2 Å². The van der Waals surface area contributed by atoms with E-state index in [4.69, 9.17) is 5.73 Å². The van der Waals surface area contributed by atoms with Gasteiger partial charge in [0.2, 0.25) is 11.8 Å². The van der Waals surface area contributed by atoms with Crippen molar-refractivity contribution >= 4 is 36.6 Å². The second-order valence-electron chi connectivity index (χ2n) is 6.90. The molecule has 2 amide bonds. The van der Waals surface area contributed by atoms with Crippen LogP contribution in [0.25, 0.3) is 0 Å². The van der Waals surface area contributed by atoms with Crippen LogP contribution in [0.2, 0.25) is 0 Å². The number of hydrogen-bond donors (Lipinski definition) is 2. The van der Waals surface area contributed by atoms with Crippen LogP contribution in [0.3, 0.4) is 0 Å². The van der Waals surface area contributed by atoms with E-state index in [2.05, 4.69) is 29.4 Å². The molecule has 0 spiro atoms. The molecule has 1 aliphatic heterocycles. The Balaban J connectivity index is 0.00000338. The maximum absolute atomic E-state index is 12.3. The van der Waals surface area contributed by atoms with Gasteiger partial charge in [0.05, 0.1) is 6.04 Å². The molecule has 3 N–H and O–H groups in total. The third kappa shape index (κ3) is 8.47. The van der Waals surface area contributed by atoms with Crippen LogP contribution < -0.4 is 11.1 Å². The number of rotatable bonds is 7. The maximum atomic E-state index is 12.3. The van der Waals surface area contributed by atoms with E-state index >= 15 is 0 Å². The Kier molecular flexibility index (Phi) is 12.3. The van der Waals surface area contributed by atoms with E-state index in [0.717, 1.165) is 13.1 Å². The van der Waals surface area contributed by atoms with Gasteiger partial charge in [-0.05, 0) is 32.4 Å². The third-order valence-corrected chi connectivity index (χ3v) is 4.66. The van der Waals surface area contributed by atoms with Gasteiger partial charge < -0.3 is 20.9 Å². The lowest BCUT2D eigenvalue weighted by atomic mass is 9.95. The largest absolute Gasteiger partial charge is 0.355 e. The van der Waals surface area contributed by atoms with Crippen molar-refractivity contribution in [3.8, 4) is 0 Å². The summed E-state index contributed by atoms with van der Waals surface area (Å²) in [7, 11) is 2.05. The fourth-order valence-corrected chi connectivity index (χ4v) is 3.14. The number of halogens is 2. The van der Waals surface area contributed by atoms with Gasteiger partial charge in [-0.25, -0.2) is 0 Å². The number of amides is 2. The fraction of sp³-hybridized carbons (Fsp3) is 0.579. The zero-order valence-electron chi connectivity index (χ0n) is 16.1. The van der Waals surface area contributed by atoms with E-state index in [1.807, 2.05) is 18.2 Å². The summed E-state index contributed by atoms with van der Waals surface area (Å²) >= 11 is 0. The van der Waals surface area contributed by atoms with Gasteiger partial charge in [-0.15, -0.1) is 24.8 Å². The molecule has 2 rings (SSSR count). The van der Waals surface area contributed by atoms with Crippen LogP contribution in [-0.4, -0.2) is 60.9 Å². The summed E-state index contributed by atoms with van der Waals surface area (Å²) < 4.78 is 0. The number of piperidine rings is 1. The van der Waals surface area contributed by atoms with Crippen molar-refractivity contribution in [1.82, 2.24) is 15.1 Å². The smallest absolute Gasteiger partial charge is 0.239 e. The molecule has 1 aliphatic rings. The van der Waals surface area contributed by atoms with Crippen molar-refractivity contribution in [3.05, 3.63) is 35.9 Å². The molecule has 0 aromatic heterocycles. The summed E-state index contributed by atoms with van der Waals surface area (Å²) in [6, 6.07) is 9.82. The number of nitrogens with zero attached hydrogens (tertiary/aromatic N) is 2. The molecule has 8 heteroatoms. The average molecular weight is 419 g/mol. The molecule has 1 saturated heterocycles. The summed E-state index contributed by atoms with van der Waals surface area (Å²) in [4.78, 5) is 28.1. The van der Waals surface area contributed by atoms with Gasteiger partial charge in [-0.3, -0.25) is 9.59 Å². The van der Waals surface area contributed by atoms with Crippen molar-refractivity contribution in [2.24, 2.45) is 11.7 Å². The highest BCUT2D eigenvalue weighted by molar-refractivity contribution is 5.85. The Morgan fingerprint density at radius 3 is 2.37 bits per heavy atom. The first-order chi connectivity index (χ1) is 12.0. The van der Waals surface area contributed by atoms with E-state index in [0.29, 0.717) is 32.5 Å². The van der Waals surface area contributed by atoms with E-state index in [-0.39, 0.29) is 42.5 Å². The topological polar surface area (TPSA) is 78.7 Å². The molecular formula is C19H32Cl2N4O2. The second-order valence-corrected chi connectivity index (χ2v) is 6.90. The Morgan fingerprint density at radius 2 is 1.81 bits per heavy atom. The Hall–Kier alpha value is -1.34. The molecule has 0 saturated carbocycles. The highest BCUT2D eigenvalue weighted by Crippen LogP contribution is 2.17. The predicted octanol–water partition coefficient (Wildman–Crippen LogP) is 1.66. The van der Waals surface area contributed by atoms with Crippen molar-refractivity contribution < 1.29 is 9.59 Å². The Morgan fingerprint density at radius 1 is 1.22 bits per heavy atom. The minimum Gasteiger partial charge on any atom is -0.355 e. The Bertz CT molecular complexity index is 564. The third-order valence-electron chi connectivity index (χ3n) is 4.66. The Labute approximate surface area is 174 Å². The average Bonchev–Trinajstić information content (AvgIpc) is 2.62. The van der Waals surface area contributed by atoms with Crippen LogP contribution in [-0.2, 0) is 16.1 Å². The van der Waals surface area contributed by atoms with Gasteiger partial charge in [0.15, 0.2) is 0 Å². The highest BCUT2D eigenvalue weighted by atomic mass is 35.5. The van der Waals surface area contributed by atoms with Crippen LogP contribution >= 0.6 is 24.8 Å². The van der Waals surface area contributed by atoms with E-state index in [1.54, 1.807) is 11.8 Å². The monoisotopic (exact) mass is 418 g/mol. The molecule has 1 fully saturated rings. The second kappa shape index (κ2) is 12.9. The van der Waals surface area contributed by atoms with Gasteiger partial charge in [-0.2, -0.15) is 0 Å². The molecule has 0 unspecified atom stereocenters. The minimum atomic E-state index is -0.467. The lowest BCUT2D eigenvalue weighted by molar-refractivity contribution is -0.136.